The zero-order chi connectivity index (χ0) is 18.6. The first kappa shape index (κ1) is 19.1. The maximum atomic E-state index is 11.8. The lowest BCUT2D eigenvalue weighted by Gasteiger charge is -2.49. The lowest BCUT2D eigenvalue weighted by molar-refractivity contribution is -0.121. The number of benzene rings is 1. The van der Waals surface area contributed by atoms with Crippen molar-refractivity contribution in [2.45, 2.75) is 38.0 Å². The highest BCUT2D eigenvalue weighted by molar-refractivity contribution is 5.76. The summed E-state index contributed by atoms with van der Waals surface area (Å²) in [5, 5.41) is 3.02. The van der Waals surface area contributed by atoms with Gasteiger partial charge in [0, 0.05) is 57.4 Å². The summed E-state index contributed by atoms with van der Waals surface area (Å²) in [6.45, 7) is 5.33. The molecule has 144 valence electrons. The first-order chi connectivity index (χ1) is 12.6. The van der Waals surface area contributed by atoms with Crippen molar-refractivity contribution in [3.8, 4) is 5.75 Å². The van der Waals surface area contributed by atoms with Gasteiger partial charge in [-0.3, -0.25) is 14.6 Å². The number of carbonyl (C=O) groups excluding carboxylic acids is 1. The van der Waals surface area contributed by atoms with E-state index in [1.807, 2.05) is 6.07 Å². The Morgan fingerprint density at radius 2 is 2.08 bits per heavy atom. The second-order valence-corrected chi connectivity index (χ2v) is 7.54. The zero-order valence-electron chi connectivity index (χ0n) is 16.2. The fourth-order valence-corrected chi connectivity index (χ4v) is 4.27. The molecule has 1 aromatic rings. The molecular weight excluding hydrogens is 330 g/mol. The molecule has 6 nitrogen and oxygen atoms in total. The molecule has 3 rings (SSSR count). The van der Waals surface area contributed by atoms with Crippen LogP contribution in [0.1, 0.15) is 30.4 Å². The SMILES string of the molecule is COCc1cc(CN2CCN(C)[C@]3(CCNC(=O)CC3)C2)ccc1OC. The van der Waals surface area contributed by atoms with Crippen molar-refractivity contribution in [2.24, 2.45) is 0 Å². The van der Waals surface area contributed by atoms with Gasteiger partial charge in [-0.05, 0) is 37.6 Å². The molecule has 0 aromatic heterocycles. The first-order valence-corrected chi connectivity index (χ1v) is 9.41. The minimum Gasteiger partial charge on any atom is -0.496 e. The summed E-state index contributed by atoms with van der Waals surface area (Å²) in [5.41, 5.74) is 2.46. The molecule has 0 aliphatic carbocycles. The summed E-state index contributed by atoms with van der Waals surface area (Å²) < 4.78 is 10.7. The van der Waals surface area contributed by atoms with Crippen LogP contribution in [0, 0.1) is 0 Å². The van der Waals surface area contributed by atoms with Gasteiger partial charge in [0.25, 0.3) is 0 Å². The Morgan fingerprint density at radius 3 is 2.85 bits per heavy atom. The van der Waals surface area contributed by atoms with Crippen molar-refractivity contribution in [1.29, 1.82) is 0 Å². The van der Waals surface area contributed by atoms with Crippen molar-refractivity contribution in [1.82, 2.24) is 15.1 Å². The number of hydrogen-bond donors (Lipinski definition) is 1. The van der Waals surface area contributed by atoms with Crippen LogP contribution in [0.3, 0.4) is 0 Å². The molecule has 1 atom stereocenters. The largest absolute Gasteiger partial charge is 0.496 e. The highest BCUT2D eigenvalue weighted by atomic mass is 16.5. The molecule has 2 aliphatic rings. The molecule has 1 amide bonds. The van der Waals surface area contributed by atoms with Gasteiger partial charge in [-0.15, -0.1) is 0 Å². The molecule has 2 fully saturated rings. The van der Waals surface area contributed by atoms with Gasteiger partial charge in [-0.25, -0.2) is 0 Å². The number of carbonyl (C=O) groups is 1. The lowest BCUT2D eigenvalue weighted by atomic mass is 9.86. The summed E-state index contributed by atoms with van der Waals surface area (Å²) in [5.74, 6) is 1.06. The molecule has 1 spiro atoms. The first-order valence-electron chi connectivity index (χ1n) is 9.41. The molecule has 0 saturated carbocycles. The van der Waals surface area contributed by atoms with E-state index in [2.05, 4.69) is 34.3 Å². The van der Waals surface area contributed by atoms with Gasteiger partial charge in [0.1, 0.15) is 5.75 Å². The number of likely N-dealkylation sites (N-methyl/N-ethyl adjacent to an activating group) is 1. The Balaban J connectivity index is 1.72. The number of nitrogens with zero attached hydrogens (tertiary/aromatic N) is 2. The van der Waals surface area contributed by atoms with E-state index >= 15 is 0 Å². The number of piperazine rings is 1. The van der Waals surface area contributed by atoms with Crippen LogP contribution < -0.4 is 10.1 Å². The molecule has 2 aliphatic heterocycles. The van der Waals surface area contributed by atoms with Crippen LogP contribution in [0.2, 0.25) is 0 Å². The van der Waals surface area contributed by atoms with Crippen LogP contribution in [0.4, 0.5) is 0 Å². The van der Waals surface area contributed by atoms with Crippen LogP contribution in [0.5, 0.6) is 5.75 Å². The van der Waals surface area contributed by atoms with E-state index in [1.165, 1.54) is 5.56 Å². The van der Waals surface area contributed by atoms with E-state index < -0.39 is 0 Å². The molecule has 6 heteroatoms. The van der Waals surface area contributed by atoms with Crippen LogP contribution in [0.15, 0.2) is 18.2 Å². The fraction of sp³-hybridized carbons (Fsp3) is 0.650. The standard InChI is InChI=1S/C20H31N3O3/c1-22-10-11-23(15-20(22)7-6-19(24)21-9-8-20)13-16-4-5-18(26-3)17(12-16)14-25-2/h4-5,12H,6-11,13-15H2,1-3H3,(H,21,24)/t20-/m1/s1. The molecule has 0 bridgehead atoms. The molecule has 0 unspecified atom stereocenters. The molecule has 1 aromatic carbocycles. The quantitative estimate of drug-likeness (QED) is 0.864. The Kier molecular flexibility index (Phi) is 6.16. The highest BCUT2D eigenvalue weighted by Crippen LogP contribution is 2.31. The van der Waals surface area contributed by atoms with Crippen molar-refractivity contribution in [2.75, 3.05) is 47.4 Å². The summed E-state index contributed by atoms with van der Waals surface area (Å²) >= 11 is 0. The number of ether oxygens (including phenoxy) is 2. The van der Waals surface area contributed by atoms with E-state index in [-0.39, 0.29) is 11.4 Å². The molecular formula is C20H31N3O3. The zero-order valence-corrected chi connectivity index (χ0v) is 16.2. The van der Waals surface area contributed by atoms with E-state index in [1.54, 1.807) is 14.2 Å². The molecule has 2 saturated heterocycles. The maximum Gasteiger partial charge on any atom is 0.220 e. The average molecular weight is 361 g/mol. The molecule has 0 radical (unpaired) electrons. The van der Waals surface area contributed by atoms with Crippen LogP contribution in [-0.2, 0) is 22.7 Å². The third-order valence-corrected chi connectivity index (χ3v) is 5.86. The number of amides is 1. The molecule has 2 heterocycles. The van der Waals surface area contributed by atoms with Gasteiger partial charge in [-0.1, -0.05) is 6.07 Å². The third kappa shape index (κ3) is 4.19. The third-order valence-electron chi connectivity index (χ3n) is 5.86. The van der Waals surface area contributed by atoms with Gasteiger partial charge in [-0.2, -0.15) is 0 Å². The van der Waals surface area contributed by atoms with Crippen molar-refractivity contribution in [3.05, 3.63) is 29.3 Å². The number of rotatable bonds is 5. The van der Waals surface area contributed by atoms with Crippen molar-refractivity contribution < 1.29 is 14.3 Å². The second-order valence-electron chi connectivity index (χ2n) is 7.54. The van der Waals surface area contributed by atoms with Crippen molar-refractivity contribution in [3.63, 3.8) is 0 Å². The summed E-state index contributed by atoms with van der Waals surface area (Å²) in [4.78, 5) is 16.8. The Labute approximate surface area is 156 Å². The summed E-state index contributed by atoms with van der Waals surface area (Å²) in [7, 11) is 5.61. The van der Waals surface area contributed by atoms with E-state index in [0.717, 1.165) is 56.9 Å². The number of methoxy groups -OCH3 is 2. The predicted molar refractivity (Wildman–Crippen MR) is 101 cm³/mol. The summed E-state index contributed by atoms with van der Waals surface area (Å²) in [6.07, 6.45) is 2.57. The molecule has 26 heavy (non-hydrogen) atoms. The Bertz CT molecular complexity index is 637. The minimum absolute atomic E-state index is 0.0965. The monoisotopic (exact) mass is 361 g/mol. The Hall–Kier alpha value is -1.63. The van der Waals surface area contributed by atoms with E-state index in [0.29, 0.717) is 13.0 Å². The smallest absolute Gasteiger partial charge is 0.220 e. The van der Waals surface area contributed by atoms with Crippen LogP contribution in [-0.4, -0.2) is 68.7 Å². The Morgan fingerprint density at radius 1 is 1.23 bits per heavy atom. The van der Waals surface area contributed by atoms with Gasteiger partial charge in [0.2, 0.25) is 5.91 Å². The van der Waals surface area contributed by atoms with Gasteiger partial charge < -0.3 is 14.8 Å². The van der Waals surface area contributed by atoms with Crippen LogP contribution in [0.25, 0.3) is 0 Å². The van der Waals surface area contributed by atoms with Gasteiger partial charge in [0.05, 0.1) is 13.7 Å². The van der Waals surface area contributed by atoms with Crippen molar-refractivity contribution >= 4 is 5.91 Å². The lowest BCUT2D eigenvalue weighted by Crippen LogP contribution is -2.60. The van der Waals surface area contributed by atoms with Gasteiger partial charge in [0.15, 0.2) is 0 Å². The predicted octanol–water partition coefficient (Wildman–Crippen LogP) is 1.63. The number of hydrogen-bond acceptors (Lipinski definition) is 5. The fourth-order valence-electron chi connectivity index (χ4n) is 4.27. The maximum absolute atomic E-state index is 11.8. The van der Waals surface area contributed by atoms with E-state index in [9.17, 15) is 4.79 Å². The van der Waals surface area contributed by atoms with Gasteiger partial charge >= 0.3 is 0 Å². The summed E-state index contributed by atoms with van der Waals surface area (Å²) in [6, 6.07) is 6.36. The minimum atomic E-state index is 0.0965. The van der Waals surface area contributed by atoms with E-state index in [4.69, 9.17) is 9.47 Å². The normalized spacial score (nSPS) is 25.1. The second kappa shape index (κ2) is 8.37. The number of nitrogens with one attached hydrogen (secondary N) is 1. The average Bonchev–Trinajstić information content (AvgIpc) is 2.81. The highest BCUT2D eigenvalue weighted by Gasteiger charge is 2.40. The van der Waals surface area contributed by atoms with Crippen LogP contribution >= 0.6 is 0 Å². The topological polar surface area (TPSA) is 54.0 Å². The molecule has 1 N–H and O–H groups in total.